The third-order valence-corrected chi connectivity index (χ3v) is 3.27. The lowest BCUT2D eigenvalue weighted by Crippen LogP contribution is -2.12. The zero-order valence-corrected chi connectivity index (χ0v) is 11.6. The molecule has 1 heterocycles. The summed E-state index contributed by atoms with van der Waals surface area (Å²) in [5, 5.41) is 7.26. The van der Waals surface area contributed by atoms with E-state index in [4.69, 9.17) is 4.74 Å². The molecule has 21 heavy (non-hydrogen) atoms. The minimum absolute atomic E-state index is 0.204. The molecule has 5 nitrogen and oxygen atoms in total. The molecule has 2 rings (SSSR count). The van der Waals surface area contributed by atoms with E-state index in [1.165, 1.54) is 7.11 Å². The lowest BCUT2D eigenvalue weighted by atomic mass is 10.1. The quantitative estimate of drug-likeness (QED) is 0.941. The Morgan fingerprint density at radius 3 is 2.76 bits per heavy atom. The molecular formula is C12H10F3N3O2S. The van der Waals surface area contributed by atoms with Gasteiger partial charge < -0.3 is 4.74 Å². The SMILES string of the molecule is COCc1cccc(C(=O)Nc2nnc(C(F)(F)F)s2)c1. The number of amides is 1. The topological polar surface area (TPSA) is 64.1 Å². The summed E-state index contributed by atoms with van der Waals surface area (Å²) >= 11 is 0.273. The van der Waals surface area contributed by atoms with Gasteiger partial charge >= 0.3 is 6.18 Å². The van der Waals surface area contributed by atoms with Crippen molar-refractivity contribution < 1.29 is 22.7 Å². The number of halogens is 3. The van der Waals surface area contributed by atoms with Crippen LogP contribution in [0.3, 0.4) is 0 Å². The zero-order chi connectivity index (χ0) is 15.5. The van der Waals surface area contributed by atoms with E-state index in [-0.39, 0.29) is 16.5 Å². The van der Waals surface area contributed by atoms with Gasteiger partial charge in [-0.2, -0.15) is 13.2 Å². The van der Waals surface area contributed by atoms with E-state index in [9.17, 15) is 18.0 Å². The summed E-state index contributed by atoms with van der Waals surface area (Å²) in [4.78, 5) is 11.9. The lowest BCUT2D eigenvalue weighted by Gasteiger charge is -2.04. The van der Waals surface area contributed by atoms with Crippen LogP contribution >= 0.6 is 11.3 Å². The van der Waals surface area contributed by atoms with Gasteiger partial charge in [-0.15, -0.1) is 10.2 Å². The Bertz CT molecular complexity index is 643. The zero-order valence-electron chi connectivity index (χ0n) is 10.8. The molecule has 1 aromatic heterocycles. The molecule has 0 saturated carbocycles. The summed E-state index contributed by atoms with van der Waals surface area (Å²) in [7, 11) is 1.52. The molecule has 0 saturated heterocycles. The fourth-order valence-electron chi connectivity index (χ4n) is 1.53. The van der Waals surface area contributed by atoms with E-state index >= 15 is 0 Å². The van der Waals surface area contributed by atoms with Crippen LogP contribution in [0.1, 0.15) is 20.9 Å². The average molecular weight is 317 g/mol. The molecule has 0 aliphatic rings. The Morgan fingerprint density at radius 1 is 1.38 bits per heavy atom. The minimum atomic E-state index is -4.57. The van der Waals surface area contributed by atoms with Crippen LogP contribution in [0.15, 0.2) is 24.3 Å². The number of benzene rings is 1. The van der Waals surface area contributed by atoms with E-state index < -0.39 is 17.1 Å². The van der Waals surface area contributed by atoms with Gasteiger partial charge in [-0.3, -0.25) is 10.1 Å². The molecule has 0 bridgehead atoms. The number of methoxy groups -OCH3 is 1. The van der Waals surface area contributed by atoms with Gasteiger partial charge in [-0.25, -0.2) is 0 Å². The average Bonchev–Trinajstić information content (AvgIpc) is 2.88. The lowest BCUT2D eigenvalue weighted by molar-refractivity contribution is -0.138. The van der Waals surface area contributed by atoms with Crippen LogP contribution < -0.4 is 5.32 Å². The van der Waals surface area contributed by atoms with Crippen molar-refractivity contribution in [1.29, 1.82) is 0 Å². The predicted molar refractivity (Wildman–Crippen MR) is 70.0 cm³/mol. The second-order valence-corrected chi connectivity index (χ2v) is 4.98. The van der Waals surface area contributed by atoms with E-state index in [1.54, 1.807) is 24.3 Å². The fourth-order valence-corrected chi connectivity index (χ4v) is 2.13. The van der Waals surface area contributed by atoms with E-state index in [1.807, 2.05) is 0 Å². The second-order valence-electron chi connectivity index (χ2n) is 4.00. The van der Waals surface area contributed by atoms with Crippen molar-refractivity contribution >= 4 is 22.4 Å². The third kappa shape index (κ3) is 3.99. The molecule has 9 heteroatoms. The summed E-state index contributed by atoms with van der Waals surface area (Å²) < 4.78 is 42.1. The Hall–Kier alpha value is -2.00. The van der Waals surface area contributed by atoms with Crippen LogP contribution in [0.5, 0.6) is 0 Å². The van der Waals surface area contributed by atoms with Crippen LogP contribution in [0.25, 0.3) is 0 Å². The van der Waals surface area contributed by atoms with Crippen LogP contribution in [0.2, 0.25) is 0 Å². The number of carbonyl (C=O) groups is 1. The fraction of sp³-hybridized carbons (Fsp3) is 0.250. The van der Waals surface area contributed by atoms with Gasteiger partial charge in [0.2, 0.25) is 10.1 Å². The van der Waals surface area contributed by atoms with Crippen LogP contribution in [-0.4, -0.2) is 23.2 Å². The van der Waals surface area contributed by atoms with Crippen molar-refractivity contribution in [1.82, 2.24) is 10.2 Å². The van der Waals surface area contributed by atoms with Crippen molar-refractivity contribution in [2.75, 3.05) is 12.4 Å². The van der Waals surface area contributed by atoms with Gasteiger partial charge in [0.05, 0.1) is 6.61 Å². The van der Waals surface area contributed by atoms with Crippen molar-refractivity contribution in [2.24, 2.45) is 0 Å². The molecule has 0 fully saturated rings. The molecule has 0 aliphatic heterocycles. The van der Waals surface area contributed by atoms with Crippen LogP contribution in [0, 0.1) is 0 Å². The number of ether oxygens (including phenoxy) is 1. The highest BCUT2D eigenvalue weighted by Crippen LogP contribution is 2.33. The number of alkyl halides is 3. The number of nitrogens with zero attached hydrogens (tertiary/aromatic N) is 2. The molecule has 0 atom stereocenters. The maximum atomic E-state index is 12.4. The maximum Gasteiger partial charge on any atom is 0.445 e. The Balaban J connectivity index is 2.11. The summed E-state index contributed by atoms with van der Waals surface area (Å²) in [5.41, 5.74) is 1.08. The predicted octanol–water partition coefficient (Wildman–Crippen LogP) is 2.96. The molecular weight excluding hydrogens is 307 g/mol. The number of hydrogen-bond acceptors (Lipinski definition) is 5. The summed E-state index contributed by atoms with van der Waals surface area (Å²) in [6.45, 7) is 0.331. The number of anilines is 1. The van der Waals surface area contributed by atoms with Gasteiger partial charge in [0.25, 0.3) is 5.91 Å². The number of rotatable bonds is 4. The minimum Gasteiger partial charge on any atom is -0.380 e. The van der Waals surface area contributed by atoms with Crippen LogP contribution in [-0.2, 0) is 17.5 Å². The summed E-state index contributed by atoms with van der Waals surface area (Å²) in [6, 6.07) is 6.56. The number of aromatic nitrogens is 2. The van der Waals surface area contributed by atoms with Gasteiger partial charge in [-0.1, -0.05) is 23.5 Å². The summed E-state index contributed by atoms with van der Waals surface area (Å²) in [6.07, 6.45) is -4.57. The molecule has 0 aliphatic carbocycles. The first-order valence-corrected chi connectivity index (χ1v) is 6.51. The highest BCUT2D eigenvalue weighted by atomic mass is 32.1. The van der Waals surface area contributed by atoms with Crippen molar-refractivity contribution in [2.45, 2.75) is 12.8 Å². The Labute approximate surface area is 121 Å². The molecule has 112 valence electrons. The number of carbonyl (C=O) groups excluding carboxylic acids is 1. The summed E-state index contributed by atoms with van der Waals surface area (Å²) in [5.74, 6) is -0.558. The number of hydrogen-bond donors (Lipinski definition) is 1. The van der Waals surface area contributed by atoms with Gasteiger partial charge in [0.1, 0.15) is 0 Å². The number of nitrogens with one attached hydrogen (secondary N) is 1. The van der Waals surface area contributed by atoms with Crippen molar-refractivity contribution in [3.8, 4) is 0 Å². The van der Waals surface area contributed by atoms with Gasteiger partial charge in [0.15, 0.2) is 0 Å². The van der Waals surface area contributed by atoms with Gasteiger partial charge in [0, 0.05) is 12.7 Å². The molecule has 0 spiro atoms. The highest BCUT2D eigenvalue weighted by molar-refractivity contribution is 7.15. The van der Waals surface area contributed by atoms with Crippen molar-refractivity contribution in [3.63, 3.8) is 0 Å². The molecule has 0 unspecified atom stereocenters. The smallest absolute Gasteiger partial charge is 0.380 e. The molecule has 2 aromatic rings. The Morgan fingerprint density at radius 2 is 2.14 bits per heavy atom. The molecule has 0 radical (unpaired) electrons. The normalized spacial score (nSPS) is 11.4. The maximum absolute atomic E-state index is 12.4. The molecule has 1 N–H and O–H groups in total. The van der Waals surface area contributed by atoms with E-state index in [0.29, 0.717) is 12.2 Å². The third-order valence-electron chi connectivity index (χ3n) is 2.39. The highest BCUT2D eigenvalue weighted by Gasteiger charge is 2.35. The Kier molecular flexibility index (Phi) is 4.53. The van der Waals surface area contributed by atoms with Crippen molar-refractivity contribution in [3.05, 3.63) is 40.4 Å². The first kappa shape index (κ1) is 15.4. The first-order valence-electron chi connectivity index (χ1n) is 5.70. The second kappa shape index (κ2) is 6.19. The van der Waals surface area contributed by atoms with E-state index in [2.05, 4.69) is 15.5 Å². The molecule has 1 amide bonds. The largest absolute Gasteiger partial charge is 0.445 e. The van der Waals surface area contributed by atoms with E-state index in [0.717, 1.165) is 5.56 Å². The molecule has 1 aromatic carbocycles. The first-order chi connectivity index (χ1) is 9.90. The van der Waals surface area contributed by atoms with Gasteiger partial charge in [-0.05, 0) is 17.7 Å². The monoisotopic (exact) mass is 317 g/mol. The standard InChI is InChI=1S/C12H10F3N3O2S/c1-20-6-7-3-2-4-8(5-7)9(19)16-11-18-17-10(21-11)12(13,14)15/h2-5H,6H2,1H3,(H,16,18,19). The van der Waals surface area contributed by atoms with Crippen LogP contribution in [0.4, 0.5) is 18.3 Å².